The van der Waals surface area contributed by atoms with Crippen molar-refractivity contribution in [3.63, 3.8) is 0 Å². The molecule has 0 aromatic heterocycles. The van der Waals surface area contributed by atoms with Crippen LogP contribution >= 0.6 is 0 Å². The largest absolute Gasteiger partial charge is 0.478 e. The van der Waals surface area contributed by atoms with Crippen molar-refractivity contribution in [2.75, 3.05) is 0 Å². The molecule has 0 unspecified atom stereocenters. The topological polar surface area (TPSA) is 89.7 Å². The van der Waals surface area contributed by atoms with Crippen molar-refractivity contribution >= 4 is 17.7 Å². The lowest BCUT2D eigenvalue weighted by Gasteiger charge is -2.10. The Labute approximate surface area is 138 Å². The van der Waals surface area contributed by atoms with Crippen LogP contribution < -0.4 is 4.74 Å². The van der Waals surface area contributed by atoms with E-state index in [1.165, 1.54) is 6.07 Å². The third-order valence-corrected chi connectivity index (χ3v) is 3.02. The van der Waals surface area contributed by atoms with Crippen LogP contribution in [0.25, 0.3) is 6.08 Å². The molecule has 2 aromatic rings. The molecule has 0 aliphatic carbocycles. The second-order valence-corrected chi connectivity index (χ2v) is 4.78. The van der Waals surface area contributed by atoms with Crippen molar-refractivity contribution in [1.29, 1.82) is 0 Å². The fraction of sp³-hybridized carbons (Fsp3) is 0.0625. The van der Waals surface area contributed by atoms with E-state index in [9.17, 15) is 28.1 Å². The quantitative estimate of drug-likeness (QED) is 0.485. The SMILES string of the molecule is O=C(O)/C=C/c1cc([N+](=O)[O-])ccc1Oc1ccc(C(F)(F)F)cc1. The molecule has 6 nitrogen and oxygen atoms in total. The third-order valence-electron chi connectivity index (χ3n) is 3.02. The van der Waals surface area contributed by atoms with Crippen molar-refractivity contribution in [3.8, 4) is 11.5 Å². The maximum Gasteiger partial charge on any atom is 0.416 e. The lowest BCUT2D eigenvalue weighted by atomic mass is 10.1. The van der Waals surface area contributed by atoms with Crippen LogP contribution in [0.2, 0.25) is 0 Å². The number of halogens is 3. The van der Waals surface area contributed by atoms with E-state index in [1.807, 2.05) is 0 Å². The highest BCUT2D eigenvalue weighted by Gasteiger charge is 2.30. The highest BCUT2D eigenvalue weighted by atomic mass is 19.4. The van der Waals surface area contributed by atoms with Crippen molar-refractivity contribution < 1.29 is 32.7 Å². The van der Waals surface area contributed by atoms with Gasteiger partial charge in [0.1, 0.15) is 11.5 Å². The average Bonchev–Trinajstić information content (AvgIpc) is 2.53. The second-order valence-electron chi connectivity index (χ2n) is 4.78. The van der Waals surface area contributed by atoms with Gasteiger partial charge < -0.3 is 9.84 Å². The highest BCUT2D eigenvalue weighted by Crippen LogP contribution is 2.33. The molecule has 25 heavy (non-hydrogen) atoms. The molecule has 0 saturated heterocycles. The van der Waals surface area contributed by atoms with E-state index in [2.05, 4.69) is 0 Å². The van der Waals surface area contributed by atoms with Gasteiger partial charge in [0.15, 0.2) is 0 Å². The summed E-state index contributed by atoms with van der Waals surface area (Å²) in [6, 6.07) is 7.30. The number of rotatable bonds is 5. The molecular formula is C16H10F3NO5. The number of alkyl halides is 3. The van der Waals surface area contributed by atoms with Gasteiger partial charge in [-0.15, -0.1) is 0 Å². The fourth-order valence-corrected chi connectivity index (χ4v) is 1.87. The van der Waals surface area contributed by atoms with Crippen molar-refractivity contribution in [2.45, 2.75) is 6.18 Å². The first-order valence-electron chi connectivity index (χ1n) is 6.71. The average molecular weight is 353 g/mol. The monoisotopic (exact) mass is 353 g/mol. The summed E-state index contributed by atoms with van der Waals surface area (Å²) < 4.78 is 43.0. The minimum atomic E-state index is -4.48. The van der Waals surface area contributed by atoms with Crippen LogP contribution in [0, 0.1) is 10.1 Å². The lowest BCUT2D eigenvalue weighted by molar-refractivity contribution is -0.384. The van der Waals surface area contributed by atoms with E-state index in [-0.39, 0.29) is 22.7 Å². The Morgan fingerprint density at radius 3 is 2.32 bits per heavy atom. The van der Waals surface area contributed by atoms with Crippen LogP contribution in [0.15, 0.2) is 48.5 Å². The molecule has 0 heterocycles. The molecule has 1 N–H and O–H groups in total. The van der Waals surface area contributed by atoms with Gasteiger partial charge in [0.05, 0.1) is 10.5 Å². The van der Waals surface area contributed by atoms with Crippen LogP contribution in [0.5, 0.6) is 11.5 Å². The zero-order valence-corrected chi connectivity index (χ0v) is 12.4. The van der Waals surface area contributed by atoms with E-state index in [0.29, 0.717) is 0 Å². The Morgan fingerprint density at radius 1 is 1.16 bits per heavy atom. The van der Waals surface area contributed by atoms with E-state index < -0.39 is 22.6 Å². The summed E-state index contributed by atoms with van der Waals surface area (Å²) in [4.78, 5) is 20.8. The Hall–Kier alpha value is -3.36. The van der Waals surface area contributed by atoms with Crippen molar-refractivity contribution in [3.05, 3.63) is 69.8 Å². The zero-order chi connectivity index (χ0) is 18.6. The molecule has 0 atom stereocenters. The number of hydrogen-bond acceptors (Lipinski definition) is 4. The normalized spacial score (nSPS) is 11.5. The van der Waals surface area contributed by atoms with E-state index in [0.717, 1.165) is 48.6 Å². The summed E-state index contributed by atoms with van der Waals surface area (Å²) >= 11 is 0. The summed E-state index contributed by atoms with van der Waals surface area (Å²) in [6.07, 6.45) is -2.63. The molecule has 0 fully saturated rings. The molecule has 0 radical (unpaired) electrons. The molecule has 0 aliphatic heterocycles. The molecule has 0 spiro atoms. The molecule has 0 amide bonds. The number of ether oxygens (including phenoxy) is 1. The van der Waals surface area contributed by atoms with Crippen LogP contribution in [0.4, 0.5) is 18.9 Å². The number of hydrogen-bond donors (Lipinski definition) is 1. The molecule has 9 heteroatoms. The van der Waals surface area contributed by atoms with Gasteiger partial charge >= 0.3 is 12.1 Å². The Kier molecular flexibility index (Phi) is 5.06. The van der Waals surface area contributed by atoms with Gasteiger partial charge in [-0.05, 0) is 36.4 Å². The Bertz CT molecular complexity index is 829. The van der Waals surface area contributed by atoms with Gasteiger partial charge in [0.25, 0.3) is 5.69 Å². The number of nitro benzene ring substituents is 1. The van der Waals surface area contributed by atoms with Crippen LogP contribution in [-0.4, -0.2) is 16.0 Å². The van der Waals surface area contributed by atoms with Gasteiger partial charge in [0.2, 0.25) is 0 Å². The zero-order valence-electron chi connectivity index (χ0n) is 12.4. The summed E-state index contributed by atoms with van der Waals surface area (Å²) in [5.41, 5.74) is -1.05. The first kappa shape index (κ1) is 18.0. The summed E-state index contributed by atoms with van der Waals surface area (Å²) in [7, 11) is 0. The Balaban J connectivity index is 2.34. The van der Waals surface area contributed by atoms with Crippen molar-refractivity contribution in [2.24, 2.45) is 0 Å². The van der Waals surface area contributed by atoms with Gasteiger partial charge in [-0.3, -0.25) is 10.1 Å². The van der Waals surface area contributed by atoms with E-state index in [4.69, 9.17) is 9.84 Å². The van der Waals surface area contributed by atoms with Gasteiger partial charge in [-0.25, -0.2) is 4.79 Å². The highest BCUT2D eigenvalue weighted by molar-refractivity contribution is 5.86. The number of aliphatic carboxylic acids is 1. The molecular weight excluding hydrogens is 343 g/mol. The molecule has 2 rings (SSSR count). The molecule has 130 valence electrons. The standard InChI is InChI=1S/C16H10F3NO5/c17-16(18,19)11-2-5-13(6-3-11)25-14-7-4-12(20(23)24)9-10(14)1-8-15(21)22/h1-9H,(H,21,22)/b8-1+. The van der Waals surface area contributed by atoms with Gasteiger partial charge in [-0.2, -0.15) is 13.2 Å². The summed E-state index contributed by atoms with van der Waals surface area (Å²) in [6.45, 7) is 0. The number of nitrogens with zero attached hydrogens (tertiary/aromatic N) is 1. The third kappa shape index (κ3) is 4.80. The number of carboxylic acids is 1. The smallest absolute Gasteiger partial charge is 0.416 e. The summed E-state index contributed by atoms with van der Waals surface area (Å²) in [5.74, 6) is -1.15. The first-order chi connectivity index (χ1) is 11.7. The Morgan fingerprint density at radius 2 is 1.80 bits per heavy atom. The first-order valence-corrected chi connectivity index (χ1v) is 6.71. The van der Waals surface area contributed by atoms with Crippen molar-refractivity contribution in [1.82, 2.24) is 0 Å². The molecule has 2 aromatic carbocycles. The predicted octanol–water partition coefficient (Wildman–Crippen LogP) is 4.50. The number of nitro groups is 1. The predicted molar refractivity (Wildman–Crippen MR) is 81.3 cm³/mol. The van der Waals surface area contributed by atoms with Gasteiger partial charge in [0, 0.05) is 23.8 Å². The number of carbonyl (C=O) groups is 1. The second kappa shape index (κ2) is 7.04. The molecule has 0 aliphatic rings. The number of carboxylic acid groups (broad SMARTS) is 1. The molecule has 0 saturated carbocycles. The lowest BCUT2D eigenvalue weighted by Crippen LogP contribution is -2.04. The van der Waals surface area contributed by atoms with Gasteiger partial charge in [-0.1, -0.05) is 0 Å². The number of benzene rings is 2. The van der Waals surface area contributed by atoms with E-state index in [1.54, 1.807) is 0 Å². The minimum Gasteiger partial charge on any atom is -0.478 e. The molecule has 0 bridgehead atoms. The van der Waals surface area contributed by atoms with Crippen LogP contribution in [0.3, 0.4) is 0 Å². The van der Waals surface area contributed by atoms with Crippen LogP contribution in [0.1, 0.15) is 11.1 Å². The van der Waals surface area contributed by atoms with Crippen LogP contribution in [-0.2, 0) is 11.0 Å². The minimum absolute atomic E-state index is 0.0582. The summed E-state index contributed by atoms with van der Waals surface area (Å²) in [5, 5.41) is 19.5. The maximum atomic E-state index is 12.5. The van der Waals surface area contributed by atoms with E-state index >= 15 is 0 Å². The fourth-order valence-electron chi connectivity index (χ4n) is 1.87. The number of non-ortho nitro benzene ring substituents is 1. The maximum absolute atomic E-state index is 12.5.